The highest BCUT2D eigenvalue weighted by atomic mass is 31.2. The van der Waals surface area contributed by atoms with Crippen molar-refractivity contribution in [3.63, 3.8) is 0 Å². The summed E-state index contributed by atoms with van der Waals surface area (Å²) < 4.78 is 33.7. The summed E-state index contributed by atoms with van der Waals surface area (Å²) in [5, 5.41) is 0. The fourth-order valence-electron chi connectivity index (χ4n) is 5.19. The number of phosphoric acid groups is 1. The second-order valence-electron chi connectivity index (χ2n) is 15.0. The van der Waals surface area contributed by atoms with E-state index >= 15 is 0 Å². The number of esters is 2. The summed E-state index contributed by atoms with van der Waals surface area (Å²) in [5.74, 6) is -0.998. The van der Waals surface area contributed by atoms with Crippen molar-refractivity contribution in [1.82, 2.24) is 0 Å². The van der Waals surface area contributed by atoms with Crippen molar-refractivity contribution < 1.29 is 42.1 Å². The second-order valence-corrected chi connectivity index (χ2v) is 16.4. The van der Waals surface area contributed by atoms with E-state index in [-0.39, 0.29) is 26.1 Å². The van der Waals surface area contributed by atoms with Gasteiger partial charge in [0.05, 0.1) is 34.2 Å². The lowest BCUT2D eigenvalue weighted by Crippen LogP contribution is -2.37. The molecule has 2 unspecified atom stereocenters. The molecule has 0 rings (SSSR count). The van der Waals surface area contributed by atoms with Crippen LogP contribution in [0.4, 0.5) is 0 Å². The van der Waals surface area contributed by atoms with Crippen LogP contribution >= 0.6 is 7.82 Å². The summed E-state index contributed by atoms with van der Waals surface area (Å²) in [7, 11) is 1.09. The largest absolute Gasteiger partial charge is 0.756 e. The van der Waals surface area contributed by atoms with E-state index in [4.69, 9.17) is 18.5 Å². The average Bonchev–Trinajstić information content (AvgIpc) is 3.13. The molecule has 2 atom stereocenters. The third-order valence-electron chi connectivity index (χ3n) is 8.49. The van der Waals surface area contributed by atoms with Crippen LogP contribution in [0.1, 0.15) is 149 Å². The van der Waals surface area contributed by atoms with Crippen molar-refractivity contribution in [3.8, 4) is 0 Å². The molecule has 0 radical (unpaired) electrons. The van der Waals surface area contributed by atoms with Crippen LogP contribution in [0.5, 0.6) is 0 Å². The minimum absolute atomic E-state index is 0.0119. The average molecular weight is 792 g/mol. The number of phosphoric ester groups is 1. The fraction of sp³-hybridized carbons (Fsp3) is 0.689. The van der Waals surface area contributed by atoms with Crippen LogP contribution < -0.4 is 4.89 Å². The molecule has 0 saturated heterocycles. The summed E-state index contributed by atoms with van der Waals surface area (Å²) in [4.78, 5) is 37.4. The van der Waals surface area contributed by atoms with Gasteiger partial charge in [0.25, 0.3) is 7.82 Å². The number of likely N-dealkylation sites (N-methyl/N-ethyl adjacent to an activating group) is 1. The molecule has 316 valence electrons. The first-order valence-electron chi connectivity index (χ1n) is 21.1. The van der Waals surface area contributed by atoms with Crippen molar-refractivity contribution in [2.75, 3.05) is 47.5 Å². The number of carbonyl (C=O) groups excluding carboxylic acids is 2. The van der Waals surface area contributed by atoms with Gasteiger partial charge < -0.3 is 27.9 Å². The molecule has 10 heteroatoms. The minimum atomic E-state index is -4.65. The Morgan fingerprint density at radius 2 is 1.09 bits per heavy atom. The Morgan fingerprint density at radius 3 is 1.62 bits per heavy atom. The molecular weight excluding hydrogens is 713 g/mol. The Hall–Kier alpha value is -2.55. The van der Waals surface area contributed by atoms with Gasteiger partial charge in [0, 0.05) is 6.42 Å². The van der Waals surface area contributed by atoms with Gasteiger partial charge in [-0.2, -0.15) is 0 Å². The summed E-state index contributed by atoms with van der Waals surface area (Å²) >= 11 is 0. The van der Waals surface area contributed by atoms with Gasteiger partial charge in [-0.25, -0.2) is 0 Å². The molecule has 0 bridgehead atoms. The molecule has 0 aliphatic carbocycles. The van der Waals surface area contributed by atoms with Crippen LogP contribution in [-0.2, 0) is 32.7 Å². The number of carbonyl (C=O) groups is 2. The van der Waals surface area contributed by atoms with E-state index in [0.717, 1.165) is 57.8 Å². The zero-order chi connectivity index (χ0) is 40.7. The summed E-state index contributed by atoms with van der Waals surface area (Å²) in [6.07, 6.45) is 45.3. The van der Waals surface area contributed by atoms with E-state index < -0.39 is 32.5 Å². The molecule has 55 heavy (non-hydrogen) atoms. The number of hydrogen-bond acceptors (Lipinski definition) is 8. The molecule has 9 nitrogen and oxygen atoms in total. The molecular formula is C45H78NO8P. The maximum Gasteiger partial charge on any atom is 0.310 e. The molecule has 0 heterocycles. The Balaban J connectivity index is 4.53. The van der Waals surface area contributed by atoms with E-state index in [1.165, 1.54) is 51.4 Å². The zero-order valence-electron chi connectivity index (χ0n) is 35.3. The molecule has 0 aromatic carbocycles. The van der Waals surface area contributed by atoms with Crippen LogP contribution in [0.3, 0.4) is 0 Å². The zero-order valence-corrected chi connectivity index (χ0v) is 36.2. The van der Waals surface area contributed by atoms with Gasteiger partial charge in [-0.3, -0.25) is 14.2 Å². The van der Waals surface area contributed by atoms with E-state index in [0.29, 0.717) is 23.9 Å². The van der Waals surface area contributed by atoms with Crippen molar-refractivity contribution in [2.45, 2.75) is 155 Å². The lowest BCUT2D eigenvalue weighted by atomic mass is 10.1. The third-order valence-corrected chi connectivity index (χ3v) is 9.46. The Bertz CT molecular complexity index is 1170. The highest BCUT2D eigenvalue weighted by Gasteiger charge is 2.21. The fourth-order valence-corrected chi connectivity index (χ4v) is 5.92. The lowest BCUT2D eigenvalue weighted by Gasteiger charge is -2.28. The van der Waals surface area contributed by atoms with Gasteiger partial charge in [-0.15, -0.1) is 0 Å². The number of quaternary nitrogens is 1. The van der Waals surface area contributed by atoms with Crippen LogP contribution in [0.2, 0.25) is 0 Å². The Morgan fingerprint density at radius 1 is 0.600 bits per heavy atom. The highest BCUT2D eigenvalue weighted by Crippen LogP contribution is 2.38. The molecule has 0 amide bonds. The first kappa shape index (κ1) is 52.5. The molecule has 0 aromatic heterocycles. The van der Waals surface area contributed by atoms with Crippen LogP contribution in [0, 0.1) is 0 Å². The van der Waals surface area contributed by atoms with E-state index in [1.54, 1.807) is 6.08 Å². The van der Waals surface area contributed by atoms with Crippen LogP contribution in [0.25, 0.3) is 0 Å². The van der Waals surface area contributed by atoms with Gasteiger partial charge in [-0.05, 0) is 64.2 Å². The summed E-state index contributed by atoms with van der Waals surface area (Å²) in [5.41, 5.74) is 0. The SMILES string of the molecule is CC/C=C\C/C=C\C/C=C\C/C=C\C/C=C\CC(=O)OC(COC(=O)CCCCCCC/C=C\CCCCCCCCC)COP(=O)([O-])OCC[N+](C)(C)C. The molecule has 0 spiro atoms. The molecule has 0 N–H and O–H groups in total. The van der Waals surface area contributed by atoms with Crippen LogP contribution in [-0.4, -0.2) is 70.0 Å². The molecule has 0 aromatic rings. The Labute approximate surface area is 336 Å². The number of ether oxygens (including phenoxy) is 2. The quantitative estimate of drug-likeness (QED) is 0.0201. The first-order valence-corrected chi connectivity index (χ1v) is 22.6. The minimum Gasteiger partial charge on any atom is -0.756 e. The molecule has 0 aliphatic heterocycles. The van der Waals surface area contributed by atoms with Crippen molar-refractivity contribution in [1.29, 1.82) is 0 Å². The Kier molecular flexibility index (Phi) is 35.3. The number of allylic oxidation sites excluding steroid dienone is 11. The number of nitrogens with zero attached hydrogens (tertiary/aromatic N) is 1. The third kappa shape index (κ3) is 40.9. The van der Waals surface area contributed by atoms with E-state index in [1.807, 2.05) is 33.3 Å². The predicted octanol–water partition coefficient (Wildman–Crippen LogP) is 11.2. The second kappa shape index (κ2) is 37.1. The van der Waals surface area contributed by atoms with Gasteiger partial charge in [0.2, 0.25) is 0 Å². The molecule has 0 saturated carbocycles. The van der Waals surface area contributed by atoms with Gasteiger partial charge in [-0.1, -0.05) is 145 Å². The number of rotatable bonds is 37. The predicted molar refractivity (Wildman–Crippen MR) is 226 cm³/mol. The smallest absolute Gasteiger partial charge is 0.310 e. The normalized spacial score (nSPS) is 14.4. The molecule has 0 aliphatic rings. The van der Waals surface area contributed by atoms with Crippen molar-refractivity contribution in [2.24, 2.45) is 0 Å². The van der Waals surface area contributed by atoms with Gasteiger partial charge in [0.15, 0.2) is 6.10 Å². The topological polar surface area (TPSA) is 111 Å². The van der Waals surface area contributed by atoms with E-state index in [9.17, 15) is 19.0 Å². The van der Waals surface area contributed by atoms with Gasteiger partial charge in [0.1, 0.15) is 19.8 Å². The first-order chi connectivity index (χ1) is 26.5. The van der Waals surface area contributed by atoms with Crippen molar-refractivity contribution in [3.05, 3.63) is 72.9 Å². The maximum atomic E-state index is 12.6. The number of unbranched alkanes of at least 4 members (excludes halogenated alkanes) is 12. The summed E-state index contributed by atoms with van der Waals surface area (Å²) in [6.45, 7) is 3.96. The maximum absolute atomic E-state index is 12.6. The highest BCUT2D eigenvalue weighted by molar-refractivity contribution is 7.45. The van der Waals surface area contributed by atoms with Crippen molar-refractivity contribution >= 4 is 19.8 Å². The van der Waals surface area contributed by atoms with E-state index in [2.05, 4.69) is 68.5 Å². The molecule has 0 fully saturated rings. The van der Waals surface area contributed by atoms with Gasteiger partial charge >= 0.3 is 11.9 Å². The number of hydrogen-bond donors (Lipinski definition) is 0. The van der Waals surface area contributed by atoms with Crippen LogP contribution in [0.15, 0.2) is 72.9 Å². The standard InChI is InChI=1S/C45H78NO8P/c1-6-8-10-12-14-16-18-20-22-24-25-27-29-31-33-35-37-44(47)51-41-43(42-53-55(49,50)52-40-39-46(3,4)5)54-45(48)38-36-34-32-30-28-26-23-21-19-17-15-13-11-9-7-2/h9,11,15,17,21-24,28,30,34,36,43H,6-8,10,12-14,16,18-20,25-27,29,31-33,35,37-42H2,1-5H3/b11-9-,17-15-,23-21-,24-22-,30-28-,36-34-. The summed E-state index contributed by atoms with van der Waals surface area (Å²) in [6, 6.07) is 0. The lowest BCUT2D eigenvalue weighted by molar-refractivity contribution is -0.870. The monoisotopic (exact) mass is 792 g/mol.